The van der Waals surface area contributed by atoms with E-state index < -0.39 is 12.1 Å². The van der Waals surface area contributed by atoms with Crippen LogP contribution in [0.3, 0.4) is 0 Å². The van der Waals surface area contributed by atoms with E-state index in [1.165, 1.54) is 6.20 Å². The number of carbonyl (C=O) groups excluding carboxylic acids is 3. The van der Waals surface area contributed by atoms with Crippen molar-refractivity contribution >= 4 is 35.3 Å². The van der Waals surface area contributed by atoms with Gasteiger partial charge in [-0.25, -0.2) is 9.78 Å². The lowest BCUT2D eigenvalue weighted by molar-refractivity contribution is -0.137. The highest BCUT2D eigenvalue weighted by Gasteiger charge is 2.34. The molecule has 9 heteroatoms. The largest absolute Gasteiger partial charge is 0.445 e. The Bertz CT molecular complexity index is 963. The van der Waals surface area contributed by atoms with Crippen LogP contribution >= 0.6 is 11.6 Å². The highest BCUT2D eigenvalue weighted by atomic mass is 35.5. The Labute approximate surface area is 205 Å². The fourth-order valence-electron chi connectivity index (χ4n) is 3.81. The number of benzene rings is 1. The molecule has 3 amide bonds. The normalized spacial score (nSPS) is 15.8. The SMILES string of the molecule is CC[C@H](C)[C@H](NC(=O)OCc1ccccc1)C(=O)N1CCC(C(=O)Nc2ccc(Cl)cn2)CC1. The molecule has 0 aliphatic carbocycles. The number of rotatable bonds is 8. The van der Waals surface area contributed by atoms with Crippen LogP contribution < -0.4 is 10.6 Å². The predicted octanol–water partition coefficient (Wildman–Crippen LogP) is 4.25. The van der Waals surface area contributed by atoms with Gasteiger partial charge in [0, 0.05) is 25.2 Å². The first-order valence-electron chi connectivity index (χ1n) is 11.6. The Hall–Kier alpha value is -3.13. The number of likely N-dealkylation sites (tertiary alicyclic amines) is 1. The molecule has 1 saturated heterocycles. The highest BCUT2D eigenvalue weighted by molar-refractivity contribution is 6.30. The summed E-state index contributed by atoms with van der Waals surface area (Å²) in [6.07, 6.45) is 2.66. The summed E-state index contributed by atoms with van der Waals surface area (Å²) < 4.78 is 5.32. The molecule has 8 nitrogen and oxygen atoms in total. The third-order valence-electron chi connectivity index (χ3n) is 6.12. The summed E-state index contributed by atoms with van der Waals surface area (Å²) in [5.41, 5.74) is 0.873. The lowest BCUT2D eigenvalue weighted by atomic mass is 9.93. The molecule has 3 rings (SSSR count). The molecule has 0 unspecified atom stereocenters. The quantitative estimate of drug-likeness (QED) is 0.580. The van der Waals surface area contributed by atoms with Gasteiger partial charge in [0.15, 0.2) is 0 Å². The summed E-state index contributed by atoms with van der Waals surface area (Å²) >= 11 is 5.83. The van der Waals surface area contributed by atoms with Gasteiger partial charge in [-0.2, -0.15) is 0 Å². The zero-order valence-corrected chi connectivity index (χ0v) is 20.3. The number of alkyl carbamates (subject to hydrolysis) is 1. The van der Waals surface area contributed by atoms with Crippen LogP contribution in [-0.4, -0.2) is 46.9 Å². The summed E-state index contributed by atoms with van der Waals surface area (Å²) in [6.45, 7) is 4.93. The number of hydrogen-bond donors (Lipinski definition) is 2. The van der Waals surface area contributed by atoms with Gasteiger partial charge in [-0.05, 0) is 36.5 Å². The van der Waals surface area contributed by atoms with Crippen molar-refractivity contribution in [1.29, 1.82) is 0 Å². The van der Waals surface area contributed by atoms with Gasteiger partial charge in [0.2, 0.25) is 11.8 Å². The monoisotopic (exact) mass is 486 g/mol. The van der Waals surface area contributed by atoms with Crippen LogP contribution in [0, 0.1) is 11.8 Å². The molecule has 1 aliphatic rings. The van der Waals surface area contributed by atoms with Crippen molar-refractivity contribution in [3.63, 3.8) is 0 Å². The number of carbonyl (C=O) groups is 3. The standard InChI is InChI=1S/C25H31ClN4O4/c1-3-17(2)22(29-25(33)34-16-18-7-5-4-6-8-18)24(32)30-13-11-19(12-14-30)23(31)28-21-10-9-20(26)15-27-21/h4-10,15,17,19,22H,3,11-14,16H2,1-2H3,(H,29,33)(H,27,28,31)/t17-,22-/m0/s1. The van der Waals surface area contributed by atoms with Gasteiger partial charge in [0.25, 0.3) is 0 Å². The van der Waals surface area contributed by atoms with Crippen LogP contribution in [-0.2, 0) is 20.9 Å². The van der Waals surface area contributed by atoms with E-state index in [0.29, 0.717) is 36.8 Å². The number of amides is 3. The molecular formula is C25H31ClN4O4. The fraction of sp³-hybridized carbons (Fsp3) is 0.440. The van der Waals surface area contributed by atoms with Crippen molar-refractivity contribution in [2.45, 2.75) is 45.8 Å². The zero-order valence-electron chi connectivity index (χ0n) is 19.5. The predicted molar refractivity (Wildman–Crippen MR) is 130 cm³/mol. The van der Waals surface area contributed by atoms with Gasteiger partial charge in [-0.3, -0.25) is 9.59 Å². The molecule has 0 bridgehead atoms. The number of nitrogens with zero attached hydrogens (tertiary/aromatic N) is 2. The Morgan fingerprint density at radius 3 is 2.47 bits per heavy atom. The zero-order chi connectivity index (χ0) is 24.5. The van der Waals surface area contributed by atoms with E-state index in [9.17, 15) is 14.4 Å². The maximum absolute atomic E-state index is 13.2. The van der Waals surface area contributed by atoms with Crippen molar-refractivity contribution in [2.24, 2.45) is 11.8 Å². The third-order valence-corrected chi connectivity index (χ3v) is 6.34. The lowest BCUT2D eigenvalue weighted by Crippen LogP contribution is -2.54. The second-order valence-electron chi connectivity index (χ2n) is 8.52. The van der Waals surface area contributed by atoms with Gasteiger partial charge in [0.1, 0.15) is 18.5 Å². The number of ether oxygens (including phenoxy) is 1. The number of pyridine rings is 1. The lowest BCUT2D eigenvalue weighted by Gasteiger charge is -2.35. The van der Waals surface area contributed by atoms with Crippen molar-refractivity contribution in [3.8, 4) is 0 Å². The van der Waals surface area contributed by atoms with Gasteiger partial charge in [-0.15, -0.1) is 0 Å². The molecular weight excluding hydrogens is 456 g/mol. The summed E-state index contributed by atoms with van der Waals surface area (Å²) in [5, 5.41) is 6.05. The number of hydrogen-bond acceptors (Lipinski definition) is 5. The van der Waals surface area contributed by atoms with Crippen molar-refractivity contribution in [1.82, 2.24) is 15.2 Å². The minimum absolute atomic E-state index is 0.0613. The van der Waals surface area contributed by atoms with Crippen LogP contribution in [0.4, 0.5) is 10.6 Å². The first kappa shape index (κ1) is 25.5. The third kappa shape index (κ3) is 7.18. The average molecular weight is 487 g/mol. The van der Waals surface area contributed by atoms with E-state index in [-0.39, 0.29) is 30.3 Å². The van der Waals surface area contributed by atoms with Crippen LogP contribution in [0.2, 0.25) is 5.02 Å². The highest BCUT2D eigenvalue weighted by Crippen LogP contribution is 2.22. The summed E-state index contributed by atoms with van der Waals surface area (Å²) in [5.74, 6) is -0.101. The molecule has 2 N–H and O–H groups in total. The molecule has 0 spiro atoms. The van der Waals surface area contributed by atoms with Crippen molar-refractivity contribution in [3.05, 3.63) is 59.2 Å². The molecule has 182 valence electrons. The van der Waals surface area contributed by atoms with Gasteiger partial charge in [-0.1, -0.05) is 62.2 Å². The molecule has 1 fully saturated rings. The van der Waals surface area contributed by atoms with Crippen LogP contribution in [0.15, 0.2) is 48.7 Å². The summed E-state index contributed by atoms with van der Waals surface area (Å²) in [6, 6.07) is 12.0. The van der Waals surface area contributed by atoms with Crippen molar-refractivity contribution in [2.75, 3.05) is 18.4 Å². The van der Waals surface area contributed by atoms with Gasteiger partial charge in [0.05, 0.1) is 5.02 Å². The summed E-state index contributed by atoms with van der Waals surface area (Å²) in [7, 11) is 0. The smallest absolute Gasteiger partial charge is 0.408 e. The Kier molecular flexibility index (Phi) is 9.27. The minimum atomic E-state index is -0.683. The van der Waals surface area contributed by atoms with Crippen molar-refractivity contribution < 1.29 is 19.1 Å². The van der Waals surface area contributed by atoms with E-state index in [1.807, 2.05) is 44.2 Å². The Morgan fingerprint density at radius 2 is 1.85 bits per heavy atom. The summed E-state index contributed by atoms with van der Waals surface area (Å²) in [4.78, 5) is 44.0. The topological polar surface area (TPSA) is 101 Å². The van der Waals surface area contributed by atoms with E-state index >= 15 is 0 Å². The van der Waals surface area contributed by atoms with E-state index in [2.05, 4.69) is 15.6 Å². The minimum Gasteiger partial charge on any atom is -0.445 e. The maximum atomic E-state index is 13.2. The molecule has 1 aromatic heterocycles. The second kappa shape index (κ2) is 12.4. The van der Waals surface area contributed by atoms with Crippen LogP contribution in [0.5, 0.6) is 0 Å². The number of anilines is 1. The molecule has 2 aromatic rings. The first-order valence-corrected chi connectivity index (χ1v) is 11.9. The first-order chi connectivity index (χ1) is 16.4. The maximum Gasteiger partial charge on any atom is 0.408 e. The molecule has 1 aromatic carbocycles. The molecule has 0 radical (unpaired) electrons. The van der Waals surface area contributed by atoms with Gasteiger partial charge >= 0.3 is 6.09 Å². The van der Waals surface area contributed by atoms with Gasteiger partial charge < -0.3 is 20.3 Å². The molecule has 1 aliphatic heterocycles. The number of aromatic nitrogens is 1. The number of halogens is 1. The van der Waals surface area contributed by atoms with E-state index in [0.717, 1.165) is 12.0 Å². The van der Waals surface area contributed by atoms with E-state index in [1.54, 1.807) is 17.0 Å². The Balaban J connectivity index is 1.51. The molecule has 34 heavy (non-hydrogen) atoms. The second-order valence-corrected chi connectivity index (χ2v) is 8.96. The fourth-order valence-corrected chi connectivity index (χ4v) is 3.92. The van der Waals surface area contributed by atoms with Crippen LogP contribution in [0.1, 0.15) is 38.7 Å². The van der Waals surface area contributed by atoms with Crippen LogP contribution in [0.25, 0.3) is 0 Å². The molecule has 2 heterocycles. The number of piperidine rings is 1. The molecule has 2 atom stereocenters. The average Bonchev–Trinajstić information content (AvgIpc) is 2.87. The Morgan fingerprint density at radius 1 is 1.15 bits per heavy atom. The van der Waals surface area contributed by atoms with E-state index in [4.69, 9.17) is 16.3 Å². The number of nitrogens with one attached hydrogen (secondary N) is 2. The molecule has 0 saturated carbocycles.